The Hall–Kier alpha value is -3.51. The van der Waals surface area contributed by atoms with Crippen molar-refractivity contribution >= 4 is 67.3 Å². The molecule has 13 nitrogen and oxygen atoms in total. The number of carbonyl (C=O) groups is 2. The zero-order valence-corrected chi connectivity index (χ0v) is 24.5. The number of aryl methyl sites for hydroxylation is 1. The molecule has 2 heterocycles. The maximum atomic E-state index is 13.1. The first-order valence-corrected chi connectivity index (χ1v) is 15.0. The Kier molecular flexibility index (Phi) is 10.4. The van der Waals surface area contributed by atoms with Crippen LogP contribution in [0.25, 0.3) is 0 Å². The standard InChI is InChI=1S/C23H26IN7O6S2/c1-14-6-7-18(30-39(35,36)13-15-4-2-3-5-16(15)24)22(34)31(14)12-19(32)28-17(8-10-37-29-23(25)26)20(33)21-27-9-11-38-21/h2-7,9,11,17,30H,8,10,12-13H2,1H3,(H,28,32)(H4,25,26,29)/t17-/m0/s1. The lowest BCUT2D eigenvalue weighted by molar-refractivity contribution is -0.122. The molecule has 0 aliphatic carbocycles. The number of rotatable bonds is 13. The number of sulfonamides is 1. The average Bonchev–Trinajstić information content (AvgIpc) is 3.41. The number of halogens is 1. The molecular formula is C23H26IN7O6S2. The summed E-state index contributed by atoms with van der Waals surface area (Å²) in [6.07, 6.45) is 1.48. The van der Waals surface area contributed by atoms with E-state index in [0.29, 0.717) is 11.3 Å². The lowest BCUT2D eigenvalue weighted by atomic mass is 10.1. The van der Waals surface area contributed by atoms with E-state index >= 15 is 0 Å². The second-order valence-corrected chi connectivity index (χ2v) is 12.0. The van der Waals surface area contributed by atoms with Gasteiger partial charge >= 0.3 is 0 Å². The van der Waals surface area contributed by atoms with E-state index in [1.165, 1.54) is 18.3 Å². The molecule has 39 heavy (non-hydrogen) atoms. The Balaban J connectivity index is 1.75. The number of hydrogen-bond donors (Lipinski definition) is 4. The molecule has 0 spiro atoms. The van der Waals surface area contributed by atoms with E-state index in [4.69, 9.17) is 16.3 Å². The van der Waals surface area contributed by atoms with Crippen LogP contribution in [-0.2, 0) is 32.0 Å². The minimum Gasteiger partial charge on any atom is -0.393 e. The van der Waals surface area contributed by atoms with E-state index in [0.717, 1.165) is 19.5 Å². The van der Waals surface area contributed by atoms with Crippen molar-refractivity contribution in [3.63, 3.8) is 0 Å². The number of hydrogen-bond acceptors (Lipinski definition) is 9. The highest BCUT2D eigenvalue weighted by Crippen LogP contribution is 2.16. The van der Waals surface area contributed by atoms with E-state index in [1.807, 2.05) is 22.6 Å². The number of pyridine rings is 1. The van der Waals surface area contributed by atoms with Crippen molar-refractivity contribution < 1.29 is 22.8 Å². The Morgan fingerprint density at radius 3 is 2.64 bits per heavy atom. The maximum absolute atomic E-state index is 13.1. The minimum absolute atomic E-state index is 0.0208. The van der Waals surface area contributed by atoms with Gasteiger partial charge in [-0.15, -0.1) is 11.3 Å². The van der Waals surface area contributed by atoms with Gasteiger partial charge in [-0.05, 0) is 58.4 Å². The first-order chi connectivity index (χ1) is 18.5. The average molecular weight is 688 g/mol. The Labute approximate surface area is 241 Å². The van der Waals surface area contributed by atoms with Gasteiger partial charge in [-0.3, -0.25) is 19.1 Å². The fourth-order valence-corrected chi connectivity index (χ4v) is 6.10. The third kappa shape index (κ3) is 8.75. The summed E-state index contributed by atoms with van der Waals surface area (Å²) in [6, 6.07) is 8.80. The monoisotopic (exact) mass is 687 g/mol. The summed E-state index contributed by atoms with van der Waals surface area (Å²) in [6.45, 7) is 1.05. The zero-order chi connectivity index (χ0) is 28.6. The van der Waals surface area contributed by atoms with Crippen LogP contribution in [0, 0.1) is 10.5 Å². The van der Waals surface area contributed by atoms with Gasteiger partial charge in [0.25, 0.3) is 5.56 Å². The van der Waals surface area contributed by atoms with E-state index in [2.05, 4.69) is 20.2 Å². The van der Waals surface area contributed by atoms with Gasteiger partial charge in [0.1, 0.15) is 18.8 Å². The van der Waals surface area contributed by atoms with Gasteiger partial charge in [-0.25, -0.2) is 13.4 Å². The number of benzene rings is 1. The third-order valence-electron chi connectivity index (χ3n) is 5.23. The number of anilines is 1. The minimum atomic E-state index is -3.93. The number of nitrogens with one attached hydrogen (secondary N) is 2. The van der Waals surface area contributed by atoms with Gasteiger partial charge in [0, 0.05) is 27.3 Å². The molecule has 3 aromatic rings. The van der Waals surface area contributed by atoms with Crippen molar-refractivity contribution in [2.75, 3.05) is 11.3 Å². The Morgan fingerprint density at radius 2 is 1.97 bits per heavy atom. The Morgan fingerprint density at radius 1 is 1.23 bits per heavy atom. The normalized spacial score (nSPS) is 11.8. The number of nitrogens with zero attached hydrogens (tertiary/aromatic N) is 3. The number of nitrogens with two attached hydrogens (primary N) is 2. The van der Waals surface area contributed by atoms with Crippen molar-refractivity contribution in [2.24, 2.45) is 16.6 Å². The van der Waals surface area contributed by atoms with Crippen molar-refractivity contribution in [2.45, 2.75) is 31.7 Å². The molecule has 6 N–H and O–H groups in total. The molecule has 1 atom stereocenters. The Bertz CT molecular complexity index is 1520. The van der Waals surface area contributed by atoms with Crippen LogP contribution in [-0.4, -0.2) is 48.3 Å². The molecule has 0 saturated carbocycles. The highest BCUT2D eigenvalue weighted by atomic mass is 127. The SMILES string of the molecule is Cc1ccc(NS(=O)(=O)Cc2ccccc2I)c(=O)n1CC(=O)N[C@@H](CCON=C(N)N)C(=O)c1nccs1. The summed E-state index contributed by atoms with van der Waals surface area (Å²) >= 11 is 3.14. The van der Waals surface area contributed by atoms with Gasteiger partial charge in [0.05, 0.1) is 11.8 Å². The van der Waals surface area contributed by atoms with E-state index in [9.17, 15) is 22.8 Å². The number of amides is 1. The molecule has 3 rings (SSSR count). The predicted octanol–water partition coefficient (Wildman–Crippen LogP) is 1.12. The van der Waals surface area contributed by atoms with Crippen LogP contribution >= 0.6 is 33.9 Å². The van der Waals surface area contributed by atoms with Crippen LogP contribution in [0.1, 0.15) is 27.5 Å². The smallest absolute Gasteiger partial charge is 0.275 e. The number of thiazole rings is 1. The lowest BCUT2D eigenvalue weighted by Crippen LogP contribution is -2.44. The maximum Gasteiger partial charge on any atom is 0.275 e. The van der Waals surface area contributed by atoms with Gasteiger partial charge in [-0.2, -0.15) is 0 Å². The number of Topliss-reactive ketones (excluding diaryl/α,β-unsaturated/α-hetero) is 1. The first-order valence-electron chi connectivity index (χ1n) is 11.3. The van der Waals surface area contributed by atoms with Crippen LogP contribution in [0.4, 0.5) is 5.69 Å². The van der Waals surface area contributed by atoms with E-state index in [1.54, 1.807) is 36.6 Å². The van der Waals surface area contributed by atoms with Crippen LogP contribution in [0.3, 0.4) is 0 Å². The molecule has 0 unspecified atom stereocenters. The zero-order valence-electron chi connectivity index (χ0n) is 20.7. The topological polar surface area (TPSA) is 201 Å². The highest BCUT2D eigenvalue weighted by molar-refractivity contribution is 14.1. The molecule has 1 amide bonds. The molecule has 0 saturated heterocycles. The molecule has 0 aliphatic rings. The molecule has 2 aromatic heterocycles. The largest absolute Gasteiger partial charge is 0.393 e. The van der Waals surface area contributed by atoms with Crippen molar-refractivity contribution in [1.29, 1.82) is 0 Å². The summed E-state index contributed by atoms with van der Waals surface area (Å²) in [7, 11) is -3.93. The third-order valence-corrected chi connectivity index (χ3v) is 8.29. The molecule has 0 fully saturated rings. The van der Waals surface area contributed by atoms with Gasteiger partial charge < -0.3 is 26.2 Å². The van der Waals surface area contributed by atoms with Gasteiger partial charge in [-0.1, -0.05) is 18.2 Å². The summed E-state index contributed by atoms with van der Waals surface area (Å²) < 4.78 is 29.7. The molecule has 0 radical (unpaired) electrons. The number of guanidine groups is 1. The van der Waals surface area contributed by atoms with Crippen LogP contribution in [0.5, 0.6) is 0 Å². The predicted molar refractivity (Wildman–Crippen MR) is 156 cm³/mol. The van der Waals surface area contributed by atoms with Crippen molar-refractivity contribution in [3.05, 3.63) is 78.2 Å². The molecular weight excluding hydrogens is 661 g/mol. The summed E-state index contributed by atoms with van der Waals surface area (Å²) in [5.41, 5.74) is 10.5. The van der Waals surface area contributed by atoms with Crippen LogP contribution in [0.15, 0.2) is 57.9 Å². The van der Waals surface area contributed by atoms with Gasteiger partial charge in [0.2, 0.25) is 27.7 Å². The number of oxime groups is 1. The molecule has 1 aromatic carbocycles. The van der Waals surface area contributed by atoms with Crippen molar-refractivity contribution in [3.8, 4) is 0 Å². The molecule has 208 valence electrons. The second-order valence-electron chi connectivity index (χ2n) is 8.19. The number of aromatic nitrogens is 2. The van der Waals surface area contributed by atoms with E-state index < -0.39 is 39.9 Å². The summed E-state index contributed by atoms with van der Waals surface area (Å²) in [5, 5.41) is 7.78. The van der Waals surface area contributed by atoms with Crippen molar-refractivity contribution in [1.82, 2.24) is 14.9 Å². The van der Waals surface area contributed by atoms with Gasteiger partial charge in [0.15, 0.2) is 5.01 Å². The fraction of sp³-hybridized carbons (Fsp3) is 0.261. The molecule has 0 aliphatic heterocycles. The first kappa shape index (κ1) is 30.0. The quantitative estimate of drug-likeness (QED) is 0.0508. The second kappa shape index (κ2) is 13.5. The molecule has 16 heteroatoms. The highest BCUT2D eigenvalue weighted by Gasteiger charge is 2.25. The fourth-order valence-electron chi connectivity index (χ4n) is 3.41. The lowest BCUT2D eigenvalue weighted by Gasteiger charge is -2.18. The number of ketones is 1. The van der Waals surface area contributed by atoms with Crippen LogP contribution < -0.4 is 27.1 Å². The number of carbonyl (C=O) groups excluding carboxylic acids is 2. The van der Waals surface area contributed by atoms with E-state index in [-0.39, 0.29) is 35.4 Å². The molecule has 0 bridgehead atoms. The summed E-state index contributed by atoms with van der Waals surface area (Å²) in [5.74, 6) is -1.74. The summed E-state index contributed by atoms with van der Waals surface area (Å²) in [4.78, 5) is 47.9. The van der Waals surface area contributed by atoms with Crippen LogP contribution in [0.2, 0.25) is 0 Å².